The number of nitrogens with zero attached hydrogens (tertiary/aromatic N) is 3. The van der Waals surface area contributed by atoms with Crippen molar-refractivity contribution in [3.05, 3.63) is 71.4 Å². The number of benzene rings is 2. The van der Waals surface area contributed by atoms with Gasteiger partial charge in [0, 0.05) is 18.7 Å². The van der Waals surface area contributed by atoms with Crippen LogP contribution in [0.1, 0.15) is 40.6 Å². The van der Waals surface area contributed by atoms with E-state index in [0.29, 0.717) is 23.7 Å². The van der Waals surface area contributed by atoms with E-state index in [1.165, 1.54) is 12.1 Å². The Morgan fingerprint density at radius 2 is 2.00 bits per heavy atom. The Hall–Kier alpha value is -3.06. The Kier molecular flexibility index (Phi) is 5.67. The highest BCUT2D eigenvalue weighted by Gasteiger charge is 2.26. The van der Waals surface area contributed by atoms with Crippen molar-refractivity contribution >= 4 is 5.97 Å². The third-order valence-electron chi connectivity index (χ3n) is 5.34. The number of hydrogen-bond donors (Lipinski definition) is 1. The number of carboxylic acid groups (broad SMARTS) is 1. The van der Waals surface area contributed by atoms with Gasteiger partial charge in [0.2, 0.25) is 11.7 Å². The number of aromatic carboxylic acids is 1. The molecule has 2 heterocycles. The minimum Gasteiger partial charge on any atom is -0.478 e. The first-order chi connectivity index (χ1) is 14.1. The number of aromatic nitrogens is 2. The van der Waals surface area contributed by atoms with Gasteiger partial charge in [-0.1, -0.05) is 23.4 Å². The minimum absolute atomic E-state index is 0.139. The molecule has 0 aliphatic carbocycles. The molecule has 2 aromatic carbocycles. The van der Waals surface area contributed by atoms with Crippen molar-refractivity contribution in [2.24, 2.45) is 0 Å². The third kappa shape index (κ3) is 4.51. The molecule has 3 aromatic rings. The lowest BCUT2D eigenvalue weighted by Gasteiger charge is -2.31. The van der Waals surface area contributed by atoms with Crippen LogP contribution in [0, 0.1) is 5.82 Å². The van der Waals surface area contributed by atoms with E-state index >= 15 is 0 Å². The van der Waals surface area contributed by atoms with Gasteiger partial charge in [-0.05, 0) is 61.7 Å². The van der Waals surface area contributed by atoms with Crippen molar-refractivity contribution in [2.45, 2.75) is 25.2 Å². The molecule has 0 saturated carbocycles. The maximum absolute atomic E-state index is 13.1. The lowest BCUT2D eigenvalue weighted by molar-refractivity contribution is 0.0695. The van der Waals surface area contributed by atoms with Crippen LogP contribution in [0.4, 0.5) is 4.39 Å². The van der Waals surface area contributed by atoms with Crippen LogP contribution in [-0.4, -0.2) is 45.8 Å². The van der Waals surface area contributed by atoms with Gasteiger partial charge in [-0.15, -0.1) is 0 Å². The summed E-state index contributed by atoms with van der Waals surface area (Å²) in [5.74, 6) is 0.00815. The Bertz CT molecular complexity index is 987. The largest absolute Gasteiger partial charge is 0.478 e. The molecule has 1 saturated heterocycles. The van der Waals surface area contributed by atoms with Gasteiger partial charge in [0.1, 0.15) is 5.82 Å². The molecule has 0 amide bonds. The Balaban J connectivity index is 1.40. The zero-order valence-corrected chi connectivity index (χ0v) is 15.9. The van der Waals surface area contributed by atoms with Crippen LogP contribution < -0.4 is 0 Å². The monoisotopic (exact) mass is 395 g/mol. The molecule has 1 N–H and O–H groups in total. The van der Waals surface area contributed by atoms with E-state index in [1.807, 2.05) is 12.1 Å². The lowest BCUT2D eigenvalue weighted by atomic mass is 9.97. The Labute approximate surface area is 168 Å². The lowest BCUT2D eigenvalue weighted by Crippen LogP contribution is -2.36. The number of hydrogen-bond acceptors (Lipinski definition) is 5. The van der Waals surface area contributed by atoms with Crippen LogP contribution in [0.15, 0.2) is 53.1 Å². The fourth-order valence-electron chi connectivity index (χ4n) is 3.80. The summed E-state index contributed by atoms with van der Waals surface area (Å²) in [6, 6.07) is 13.2. The van der Waals surface area contributed by atoms with Crippen molar-refractivity contribution in [3.63, 3.8) is 0 Å². The highest BCUT2D eigenvalue weighted by molar-refractivity contribution is 5.89. The standard InChI is InChI=1S/C22H22FN3O3/c23-18-9-7-16(8-10-18)20-24-21(29-25-20)17-5-3-12-26(14-17)13-11-15-4-1-2-6-19(15)22(27)28/h1-2,4,6-10,17H,3,5,11-14H2,(H,27,28). The molecule has 1 fully saturated rings. The van der Waals surface area contributed by atoms with Crippen molar-refractivity contribution in [3.8, 4) is 11.4 Å². The first-order valence-electron chi connectivity index (χ1n) is 9.73. The first-order valence-corrected chi connectivity index (χ1v) is 9.73. The molecule has 1 aromatic heterocycles. The molecule has 0 spiro atoms. The average molecular weight is 395 g/mol. The second-order valence-corrected chi connectivity index (χ2v) is 7.32. The molecule has 0 bridgehead atoms. The van der Waals surface area contributed by atoms with Crippen LogP contribution in [0.2, 0.25) is 0 Å². The van der Waals surface area contributed by atoms with E-state index in [0.717, 1.165) is 43.6 Å². The first kappa shape index (κ1) is 19.3. The van der Waals surface area contributed by atoms with Crippen molar-refractivity contribution in [1.82, 2.24) is 15.0 Å². The third-order valence-corrected chi connectivity index (χ3v) is 5.34. The molecule has 4 rings (SSSR count). The summed E-state index contributed by atoms with van der Waals surface area (Å²) >= 11 is 0. The van der Waals surface area contributed by atoms with Gasteiger partial charge >= 0.3 is 5.97 Å². The van der Waals surface area contributed by atoms with Crippen LogP contribution in [0.25, 0.3) is 11.4 Å². The fourth-order valence-corrected chi connectivity index (χ4v) is 3.80. The van der Waals surface area contributed by atoms with Crippen LogP contribution in [0.5, 0.6) is 0 Å². The molecule has 29 heavy (non-hydrogen) atoms. The summed E-state index contributed by atoms with van der Waals surface area (Å²) in [5.41, 5.74) is 1.93. The maximum Gasteiger partial charge on any atom is 0.335 e. The maximum atomic E-state index is 13.1. The summed E-state index contributed by atoms with van der Waals surface area (Å²) in [4.78, 5) is 18.2. The van der Waals surface area contributed by atoms with Gasteiger partial charge in [-0.25, -0.2) is 9.18 Å². The number of halogens is 1. The van der Waals surface area contributed by atoms with E-state index in [9.17, 15) is 14.3 Å². The second kappa shape index (κ2) is 8.53. The van der Waals surface area contributed by atoms with Crippen molar-refractivity contribution in [1.29, 1.82) is 0 Å². The average Bonchev–Trinajstić information content (AvgIpc) is 3.23. The Morgan fingerprint density at radius 3 is 2.79 bits per heavy atom. The number of likely N-dealkylation sites (tertiary alicyclic amines) is 1. The smallest absolute Gasteiger partial charge is 0.335 e. The van der Waals surface area contributed by atoms with E-state index in [4.69, 9.17) is 4.52 Å². The molecule has 150 valence electrons. The summed E-state index contributed by atoms with van der Waals surface area (Å²) in [6.45, 7) is 2.53. The molecule has 1 aliphatic rings. The van der Waals surface area contributed by atoms with E-state index in [-0.39, 0.29) is 11.7 Å². The van der Waals surface area contributed by atoms with E-state index < -0.39 is 5.97 Å². The normalized spacial score (nSPS) is 17.3. The summed E-state index contributed by atoms with van der Waals surface area (Å²) in [5, 5.41) is 13.4. The summed E-state index contributed by atoms with van der Waals surface area (Å²) < 4.78 is 18.6. The number of carboxylic acids is 1. The molecule has 7 heteroatoms. The predicted octanol–water partition coefficient (Wildman–Crippen LogP) is 4.00. The van der Waals surface area contributed by atoms with Crippen molar-refractivity contribution in [2.75, 3.05) is 19.6 Å². The number of carbonyl (C=O) groups is 1. The molecule has 0 radical (unpaired) electrons. The zero-order valence-electron chi connectivity index (χ0n) is 15.9. The molecule has 1 atom stereocenters. The quantitative estimate of drug-likeness (QED) is 0.680. The molecular formula is C22H22FN3O3. The predicted molar refractivity (Wildman–Crippen MR) is 105 cm³/mol. The van der Waals surface area contributed by atoms with Gasteiger partial charge in [0.05, 0.1) is 11.5 Å². The second-order valence-electron chi connectivity index (χ2n) is 7.32. The Morgan fingerprint density at radius 1 is 1.21 bits per heavy atom. The van der Waals surface area contributed by atoms with Gasteiger partial charge in [0.25, 0.3) is 0 Å². The fraction of sp³-hybridized carbons (Fsp3) is 0.318. The molecule has 1 unspecified atom stereocenters. The van der Waals surface area contributed by atoms with Crippen molar-refractivity contribution < 1.29 is 18.8 Å². The van der Waals surface area contributed by atoms with Gasteiger partial charge in [-0.3, -0.25) is 0 Å². The van der Waals surface area contributed by atoms with E-state index in [2.05, 4.69) is 15.0 Å². The zero-order chi connectivity index (χ0) is 20.2. The SMILES string of the molecule is O=C(O)c1ccccc1CCN1CCCC(c2nc(-c3ccc(F)cc3)no2)C1. The van der Waals surface area contributed by atoms with Crippen LogP contribution >= 0.6 is 0 Å². The summed E-state index contributed by atoms with van der Waals surface area (Å²) in [7, 11) is 0. The summed E-state index contributed by atoms with van der Waals surface area (Å²) in [6.07, 6.45) is 2.66. The molecule has 1 aliphatic heterocycles. The molecular weight excluding hydrogens is 373 g/mol. The number of rotatable bonds is 6. The highest BCUT2D eigenvalue weighted by atomic mass is 19.1. The van der Waals surface area contributed by atoms with Gasteiger partial charge < -0.3 is 14.5 Å². The minimum atomic E-state index is -0.892. The van der Waals surface area contributed by atoms with Gasteiger partial charge in [-0.2, -0.15) is 4.98 Å². The van der Waals surface area contributed by atoms with Gasteiger partial charge in [0.15, 0.2) is 0 Å². The number of piperidine rings is 1. The van der Waals surface area contributed by atoms with Crippen LogP contribution in [0.3, 0.4) is 0 Å². The highest BCUT2D eigenvalue weighted by Crippen LogP contribution is 2.28. The molecule has 6 nitrogen and oxygen atoms in total. The van der Waals surface area contributed by atoms with E-state index in [1.54, 1.807) is 24.3 Å². The topological polar surface area (TPSA) is 79.5 Å². The van der Waals surface area contributed by atoms with Crippen LogP contribution in [-0.2, 0) is 6.42 Å².